The molecule has 0 saturated carbocycles. The minimum Gasteiger partial charge on any atom is -0.310 e. The Balaban J connectivity index is 1.73. The number of hydrogen-bond acceptors (Lipinski definition) is 2. The van der Waals surface area contributed by atoms with Crippen LogP contribution in [0.15, 0.2) is 28.7 Å². The van der Waals surface area contributed by atoms with Gasteiger partial charge < -0.3 is 10.2 Å². The van der Waals surface area contributed by atoms with Gasteiger partial charge in [0, 0.05) is 23.6 Å². The Morgan fingerprint density at radius 2 is 1.95 bits per heavy atom. The van der Waals surface area contributed by atoms with Crippen LogP contribution in [-0.2, 0) is 6.54 Å². The molecule has 1 N–H and O–H groups in total. The molecule has 3 heteroatoms. The fourth-order valence-corrected chi connectivity index (χ4v) is 3.16. The zero-order chi connectivity index (χ0) is 13.7. The number of likely N-dealkylation sites (tertiary alicyclic amines) is 1. The number of halogens is 1. The van der Waals surface area contributed by atoms with Crippen molar-refractivity contribution in [3.05, 3.63) is 34.3 Å². The van der Waals surface area contributed by atoms with Crippen LogP contribution in [0.25, 0.3) is 0 Å². The number of nitrogens with one attached hydrogen (secondary N) is 1. The number of piperidine rings is 1. The summed E-state index contributed by atoms with van der Waals surface area (Å²) in [6, 6.07) is 9.15. The molecule has 1 aromatic rings. The normalized spacial score (nSPS) is 18.1. The second-order valence-electron chi connectivity index (χ2n) is 5.94. The molecule has 0 unspecified atom stereocenters. The third-order valence-corrected chi connectivity index (χ3v) is 4.52. The van der Waals surface area contributed by atoms with Crippen molar-refractivity contribution in [2.24, 2.45) is 5.92 Å². The SMILES string of the molecule is CC(C)CN1CCC(NCc2ccccc2Br)CC1. The Morgan fingerprint density at radius 1 is 1.26 bits per heavy atom. The summed E-state index contributed by atoms with van der Waals surface area (Å²) in [7, 11) is 0. The summed E-state index contributed by atoms with van der Waals surface area (Å²) in [5, 5.41) is 3.70. The van der Waals surface area contributed by atoms with Gasteiger partial charge in [-0.15, -0.1) is 0 Å². The highest BCUT2D eigenvalue weighted by atomic mass is 79.9. The lowest BCUT2D eigenvalue weighted by molar-refractivity contribution is 0.179. The quantitative estimate of drug-likeness (QED) is 0.889. The van der Waals surface area contributed by atoms with Crippen LogP contribution in [0.1, 0.15) is 32.3 Å². The average molecular weight is 325 g/mol. The van der Waals surface area contributed by atoms with Gasteiger partial charge in [0.2, 0.25) is 0 Å². The third-order valence-electron chi connectivity index (χ3n) is 3.75. The Hall–Kier alpha value is -0.380. The molecule has 106 valence electrons. The molecule has 1 fully saturated rings. The Morgan fingerprint density at radius 3 is 2.58 bits per heavy atom. The summed E-state index contributed by atoms with van der Waals surface area (Å²) in [5.74, 6) is 0.782. The summed E-state index contributed by atoms with van der Waals surface area (Å²) >= 11 is 3.61. The van der Waals surface area contributed by atoms with Crippen molar-refractivity contribution >= 4 is 15.9 Å². The van der Waals surface area contributed by atoms with E-state index in [0.717, 1.165) is 12.5 Å². The Kier molecular flexibility index (Phi) is 5.86. The molecular formula is C16H25BrN2. The van der Waals surface area contributed by atoms with Crippen molar-refractivity contribution in [1.29, 1.82) is 0 Å². The van der Waals surface area contributed by atoms with E-state index in [1.54, 1.807) is 0 Å². The molecule has 2 rings (SSSR count). The van der Waals surface area contributed by atoms with E-state index in [-0.39, 0.29) is 0 Å². The first-order valence-electron chi connectivity index (χ1n) is 7.34. The van der Waals surface area contributed by atoms with E-state index < -0.39 is 0 Å². The first-order valence-corrected chi connectivity index (χ1v) is 8.13. The summed E-state index contributed by atoms with van der Waals surface area (Å²) in [6.07, 6.45) is 2.55. The second kappa shape index (κ2) is 7.41. The van der Waals surface area contributed by atoms with Gasteiger partial charge in [0.25, 0.3) is 0 Å². The van der Waals surface area contributed by atoms with Crippen LogP contribution in [0.4, 0.5) is 0 Å². The predicted molar refractivity (Wildman–Crippen MR) is 85.3 cm³/mol. The van der Waals surface area contributed by atoms with Gasteiger partial charge in [0.05, 0.1) is 0 Å². The van der Waals surface area contributed by atoms with E-state index in [2.05, 4.69) is 64.3 Å². The van der Waals surface area contributed by atoms with Gasteiger partial charge >= 0.3 is 0 Å². The van der Waals surface area contributed by atoms with E-state index in [1.165, 1.54) is 42.5 Å². The van der Waals surface area contributed by atoms with Crippen molar-refractivity contribution in [3.63, 3.8) is 0 Å². The number of hydrogen-bond donors (Lipinski definition) is 1. The highest BCUT2D eigenvalue weighted by molar-refractivity contribution is 9.10. The van der Waals surface area contributed by atoms with Crippen LogP contribution < -0.4 is 5.32 Å². The number of benzene rings is 1. The molecule has 0 radical (unpaired) electrons. The molecule has 0 spiro atoms. The smallest absolute Gasteiger partial charge is 0.0220 e. The van der Waals surface area contributed by atoms with Crippen LogP contribution in [-0.4, -0.2) is 30.6 Å². The average Bonchev–Trinajstić information content (AvgIpc) is 2.39. The first kappa shape index (κ1) is 15.0. The predicted octanol–water partition coefficient (Wildman–Crippen LogP) is 3.66. The first-order chi connectivity index (χ1) is 9.15. The van der Waals surface area contributed by atoms with Crippen LogP contribution >= 0.6 is 15.9 Å². The summed E-state index contributed by atoms with van der Waals surface area (Å²) < 4.78 is 1.21. The maximum Gasteiger partial charge on any atom is 0.0220 e. The van der Waals surface area contributed by atoms with Gasteiger partial charge in [-0.3, -0.25) is 0 Å². The fraction of sp³-hybridized carbons (Fsp3) is 0.625. The van der Waals surface area contributed by atoms with Gasteiger partial charge in [0.15, 0.2) is 0 Å². The molecule has 0 aliphatic carbocycles. The van der Waals surface area contributed by atoms with E-state index in [0.29, 0.717) is 6.04 Å². The molecule has 19 heavy (non-hydrogen) atoms. The monoisotopic (exact) mass is 324 g/mol. The summed E-state index contributed by atoms with van der Waals surface area (Å²) in [4.78, 5) is 2.60. The van der Waals surface area contributed by atoms with E-state index in [1.807, 2.05) is 0 Å². The Bertz CT molecular complexity index is 384. The van der Waals surface area contributed by atoms with Crippen molar-refractivity contribution in [3.8, 4) is 0 Å². The van der Waals surface area contributed by atoms with Gasteiger partial charge in [0.1, 0.15) is 0 Å². The maximum atomic E-state index is 3.70. The largest absolute Gasteiger partial charge is 0.310 e. The molecule has 1 aliphatic rings. The van der Waals surface area contributed by atoms with Crippen LogP contribution in [0.3, 0.4) is 0 Å². The summed E-state index contributed by atoms with van der Waals surface area (Å²) in [5.41, 5.74) is 1.35. The number of nitrogens with zero attached hydrogens (tertiary/aromatic N) is 1. The van der Waals surface area contributed by atoms with Crippen molar-refractivity contribution in [2.45, 2.75) is 39.3 Å². The lowest BCUT2D eigenvalue weighted by Gasteiger charge is -2.33. The van der Waals surface area contributed by atoms with Gasteiger partial charge in [-0.1, -0.05) is 48.0 Å². The molecule has 1 heterocycles. The minimum absolute atomic E-state index is 0.676. The highest BCUT2D eigenvalue weighted by Gasteiger charge is 2.19. The topological polar surface area (TPSA) is 15.3 Å². The Labute approximate surface area is 125 Å². The van der Waals surface area contributed by atoms with Gasteiger partial charge in [-0.05, 0) is 43.5 Å². The van der Waals surface area contributed by atoms with E-state index in [9.17, 15) is 0 Å². The maximum absolute atomic E-state index is 3.70. The molecule has 1 saturated heterocycles. The van der Waals surface area contributed by atoms with E-state index in [4.69, 9.17) is 0 Å². The summed E-state index contributed by atoms with van der Waals surface area (Å²) in [6.45, 7) is 9.30. The molecule has 0 aromatic heterocycles. The minimum atomic E-state index is 0.676. The molecule has 0 bridgehead atoms. The second-order valence-corrected chi connectivity index (χ2v) is 6.80. The molecule has 2 nitrogen and oxygen atoms in total. The highest BCUT2D eigenvalue weighted by Crippen LogP contribution is 2.17. The molecular weight excluding hydrogens is 300 g/mol. The fourth-order valence-electron chi connectivity index (χ4n) is 2.73. The van der Waals surface area contributed by atoms with Crippen molar-refractivity contribution in [1.82, 2.24) is 10.2 Å². The molecule has 0 atom stereocenters. The van der Waals surface area contributed by atoms with Crippen LogP contribution in [0.2, 0.25) is 0 Å². The van der Waals surface area contributed by atoms with Crippen molar-refractivity contribution < 1.29 is 0 Å². The van der Waals surface area contributed by atoms with Gasteiger partial charge in [-0.25, -0.2) is 0 Å². The van der Waals surface area contributed by atoms with Crippen LogP contribution in [0.5, 0.6) is 0 Å². The standard InChI is InChI=1S/C16H25BrN2/c1-13(2)12-19-9-7-15(8-10-19)18-11-14-5-3-4-6-16(14)17/h3-6,13,15,18H,7-12H2,1-2H3. The zero-order valence-corrected chi connectivity index (χ0v) is 13.6. The molecule has 0 amide bonds. The van der Waals surface area contributed by atoms with Crippen LogP contribution in [0, 0.1) is 5.92 Å². The third kappa shape index (κ3) is 4.90. The lowest BCUT2D eigenvalue weighted by Crippen LogP contribution is -2.43. The lowest BCUT2D eigenvalue weighted by atomic mass is 10.0. The molecule has 1 aliphatic heterocycles. The zero-order valence-electron chi connectivity index (χ0n) is 12.0. The van der Waals surface area contributed by atoms with Crippen molar-refractivity contribution in [2.75, 3.05) is 19.6 Å². The number of rotatable bonds is 5. The molecule has 1 aromatic carbocycles. The van der Waals surface area contributed by atoms with E-state index >= 15 is 0 Å². The van der Waals surface area contributed by atoms with Gasteiger partial charge in [-0.2, -0.15) is 0 Å².